The second-order valence-electron chi connectivity index (χ2n) is 3.47. The van der Waals surface area contributed by atoms with Gasteiger partial charge in [0.05, 0.1) is 5.60 Å². The lowest BCUT2D eigenvalue weighted by Crippen LogP contribution is -2.27. The maximum absolute atomic E-state index is 9.49. The number of likely N-dealkylation sites (tertiary alicyclic amines) is 1. The lowest BCUT2D eigenvalue weighted by atomic mass is 10.0. The highest BCUT2D eigenvalue weighted by atomic mass is 16.3. The van der Waals surface area contributed by atoms with E-state index in [1.165, 1.54) is 0 Å². The van der Waals surface area contributed by atoms with E-state index in [0.29, 0.717) is 6.04 Å². The number of aliphatic hydroxyl groups is 1. The Morgan fingerprint density at radius 1 is 1.67 bits per heavy atom. The summed E-state index contributed by atoms with van der Waals surface area (Å²) in [6, 6.07) is 0.542. The molecule has 2 atom stereocenters. The second-order valence-corrected chi connectivity index (χ2v) is 3.47. The summed E-state index contributed by atoms with van der Waals surface area (Å²) in [5.74, 6) is 0. The van der Waals surface area contributed by atoms with Gasteiger partial charge < -0.3 is 10.0 Å². The number of likely N-dealkylation sites (N-methyl/N-ethyl adjacent to an activating group) is 1. The summed E-state index contributed by atoms with van der Waals surface area (Å²) in [4.78, 5) is 2.18. The van der Waals surface area contributed by atoms with Crippen LogP contribution in [0.15, 0.2) is 0 Å². The third-order valence-electron chi connectivity index (χ3n) is 2.08. The highest BCUT2D eigenvalue weighted by Gasteiger charge is 2.34. The third kappa shape index (κ3) is 1.43. The van der Waals surface area contributed by atoms with Crippen molar-refractivity contribution in [2.75, 3.05) is 13.6 Å². The van der Waals surface area contributed by atoms with Crippen molar-refractivity contribution in [3.63, 3.8) is 0 Å². The van der Waals surface area contributed by atoms with Crippen LogP contribution in [0, 0.1) is 0 Å². The van der Waals surface area contributed by atoms with Gasteiger partial charge in [0.25, 0.3) is 0 Å². The van der Waals surface area contributed by atoms with Crippen molar-refractivity contribution in [3.8, 4) is 0 Å². The van der Waals surface area contributed by atoms with Gasteiger partial charge in [0.1, 0.15) is 0 Å². The average molecular weight is 129 g/mol. The highest BCUT2D eigenvalue weighted by molar-refractivity contribution is 4.89. The van der Waals surface area contributed by atoms with E-state index >= 15 is 0 Å². The van der Waals surface area contributed by atoms with Crippen LogP contribution in [0.5, 0.6) is 0 Å². The first-order chi connectivity index (χ1) is 4.01. The Hall–Kier alpha value is -0.0800. The minimum atomic E-state index is -0.436. The van der Waals surface area contributed by atoms with Gasteiger partial charge in [-0.05, 0) is 27.3 Å². The van der Waals surface area contributed by atoms with E-state index in [-0.39, 0.29) is 0 Å². The Labute approximate surface area is 56.5 Å². The minimum Gasteiger partial charge on any atom is -0.389 e. The van der Waals surface area contributed by atoms with Crippen LogP contribution in [0.3, 0.4) is 0 Å². The third-order valence-corrected chi connectivity index (χ3v) is 2.08. The molecule has 1 rings (SSSR count). The molecule has 0 aromatic heterocycles. The summed E-state index contributed by atoms with van der Waals surface area (Å²) < 4.78 is 0. The Balaban J connectivity index is 2.54. The molecule has 0 saturated carbocycles. The molecule has 1 fully saturated rings. The second kappa shape index (κ2) is 1.96. The fourth-order valence-corrected chi connectivity index (χ4v) is 1.55. The monoisotopic (exact) mass is 129 g/mol. The zero-order valence-corrected chi connectivity index (χ0v) is 6.39. The van der Waals surface area contributed by atoms with Gasteiger partial charge in [-0.3, -0.25) is 0 Å². The van der Waals surface area contributed by atoms with E-state index in [2.05, 4.69) is 11.8 Å². The van der Waals surface area contributed by atoms with Crippen LogP contribution in [0.1, 0.15) is 20.3 Å². The van der Waals surface area contributed by atoms with Crippen LogP contribution >= 0.6 is 0 Å². The van der Waals surface area contributed by atoms with E-state index in [9.17, 15) is 5.11 Å². The molecule has 2 nitrogen and oxygen atoms in total. The topological polar surface area (TPSA) is 23.5 Å². The summed E-state index contributed by atoms with van der Waals surface area (Å²) >= 11 is 0. The fraction of sp³-hybridized carbons (Fsp3) is 1.00. The zero-order valence-electron chi connectivity index (χ0n) is 6.39. The molecule has 2 heteroatoms. The van der Waals surface area contributed by atoms with E-state index in [4.69, 9.17) is 0 Å². The summed E-state index contributed by atoms with van der Waals surface area (Å²) in [7, 11) is 2.05. The van der Waals surface area contributed by atoms with Gasteiger partial charge in [0, 0.05) is 12.6 Å². The van der Waals surface area contributed by atoms with Crippen molar-refractivity contribution in [3.05, 3.63) is 0 Å². The van der Waals surface area contributed by atoms with Gasteiger partial charge in [-0.15, -0.1) is 0 Å². The largest absolute Gasteiger partial charge is 0.389 e. The first-order valence-corrected chi connectivity index (χ1v) is 3.44. The number of hydrogen-bond donors (Lipinski definition) is 1. The van der Waals surface area contributed by atoms with E-state index in [0.717, 1.165) is 13.0 Å². The Morgan fingerprint density at radius 2 is 2.22 bits per heavy atom. The van der Waals surface area contributed by atoms with E-state index < -0.39 is 5.60 Å². The van der Waals surface area contributed by atoms with E-state index in [1.807, 2.05) is 14.0 Å². The van der Waals surface area contributed by atoms with E-state index in [1.54, 1.807) is 0 Å². The molecule has 0 aliphatic carbocycles. The van der Waals surface area contributed by atoms with Crippen LogP contribution < -0.4 is 0 Å². The molecule has 0 bridgehead atoms. The van der Waals surface area contributed by atoms with Crippen LogP contribution in [0.25, 0.3) is 0 Å². The summed E-state index contributed by atoms with van der Waals surface area (Å²) in [6.07, 6.45) is 0.906. The first kappa shape index (κ1) is 7.03. The van der Waals surface area contributed by atoms with Gasteiger partial charge in [0.2, 0.25) is 0 Å². The summed E-state index contributed by atoms with van der Waals surface area (Å²) in [5.41, 5.74) is -0.436. The minimum absolute atomic E-state index is 0.436. The molecule has 1 aliphatic rings. The normalized spacial score (nSPS) is 46.0. The van der Waals surface area contributed by atoms with Gasteiger partial charge >= 0.3 is 0 Å². The molecule has 1 saturated heterocycles. The van der Waals surface area contributed by atoms with Crippen LogP contribution in [0.2, 0.25) is 0 Å². The van der Waals surface area contributed by atoms with Crippen LogP contribution in [0.4, 0.5) is 0 Å². The predicted octanol–water partition coefficient (Wildman–Crippen LogP) is 0.461. The Bertz CT molecular complexity index is 99.5. The van der Waals surface area contributed by atoms with Crippen molar-refractivity contribution in [2.24, 2.45) is 0 Å². The molecular weight excluding hydrogens is 114 g/mol. The van der Waals surface area contributed by atoms with Crippen molar-refractivity contribution in [2.45, 2.75) is 31.9 Å². The molecule has 54 valence electrons. The number of rotatable bonds is 0. The maximum atomic E-state index is 9.49. The van der Waals surface area contributed by atoms with Crippen LogP contribution in [-0.4, -0.2) is 35.2 Å². The molecular formula is C7H15NO. The van der Waals surface area contributed by atoms with Gasteiger partial charge in [-0.1, -0.05) is 0 Å². The zero-order chi connectivity index (χ0) is 7.07. The van der Waals surface area contributed by atoms with Gasteiger partial charge in [-0.2, -0.15) is 0 Å². The van der Waals surface area contributed by atoms with Crippen molar-refractivity contribution < 1.29 is 5.11 Å². The molecule has 0 aromatic rings. The lowest BCUT2D eigenvalue weighted by Gasteiger charge is -2.14. The van der Waals surface area contributed by atoms with Crippen LogP contribution in [-0.2, 0) is 0 Å². The predicted molar refractivity (Wildman–Crippen MR) is 37.3 cm³/mol. The molecule has 1 aliphatic heterocycles. The molecule has 0 radical (unpaired) electrons. The number of hydrogen-bond acceptors (Lipinski definition) is 2. The van der Waals surface area contributed by atoms with Crippen molar-refractivity contribution in [1.29, 1.82) is 0 Å². The number of β-amino-alcohol motifs (C(OH)–C–C–N with tert-alkyl or cyclic N) is 1. The SMILES string of the molecule is CC1CC(C)(O)CN1C. The lowest BCUT2D eigenvalue weighted by molar-refractivity contribution is 0.0716. The fourth-order valence-electron chi connectivity index (χ4n) is 1.55. The average Bonchev–Trinajstić information content (AvgIpc) is 1.79. The smallest absolute Gasteiger partial charge is 0.0760 e. The number of nitrogens with zero attached hydrogens (tertiary/aromatic N) is 1. The summed E-state index contributed by atoms with van der Waals surface area (Å²) in [6.45, 7) is 4.85. The molecule has 9 heavy (non-hydrogen) atoms. The van der Waals surface area contributed by atoms with Gasteiger partial charge in [0.15, 0.2) is 0 Å². The maximum Gasteiger partial charge on any atom is 0.0760 e. The Kier molecular flexibility index (Phi) is 1.53. The highest BCUT2D eigenvalue weighted by Crippen LogP contribution is 2.24. The first-order valence-electron chi connectivity index (χ1n) is 3.44. The molecule has 2 unspecified atom stereocenters. The van der Waals surface area contributed by atoms with Crippen molar-refractivity contribution >= 4 is 0 Å². The quantitative estimate of drug-likeness (QED) is 0.513. The van der Waals surface area contributed by atoms with Gasteiger partial charge in [-0.25, -0.2) is 0 Å². The molecule has 0 aromatic carbocycles. The Morgan fingerprint density at radius 3 is 2.33 bits per heavy atom. The molecule has 0 spiro atoms. The molecule has 1 N–H and O–H groups in total. The van der Waals surface area contributed by atoms with Crippen molar-refractivity contribution in [1.82, 2.24) is 4.90 Å². The molecule has 1 heterocycles. The molecule has 0 amide bonds. The summed E-state index contributed by atoms with van der Waals surface area (Å²) in [5, 5.41) is 9.49. The standard InChI is InChI=1S/C7H15NO/c1-6-4-7(2,9)5-8(6)3/h6,9H,4-5H2,1-3H3.